The molecule has 3 rings (SSSR count). The first-order valence-electron chi connectivity index (χ1n) is 11.0. The number of nitrogens with zero attached hydrogens (tertiary/aromatic N) is 1. The lowest BCUT2D eigenvalue weighted by Gasteiger charge is -2.41. The molecule has 29 heavy (non-hydrogen) atoms. The minimum absolute atomic E-state index is 0.320. The SMILES string of the molecule is CC1C(Cc2cccc(C(F)(F)F)c2)CCNCCNCCNC2CCCN1C2. The van der Waals surface area contributed by atoms with Crippen LogP contribution in [0.5, 0.6) is 0 Å². The summed E-state index contributed by atoms with van der Waals surface area (Å²) in [6, 6.07) is 6.72. The Balaban J connectivity index is 1.72. The van der Waals surface area contributed by atoms with E-state index in [0.29, 0.717) is 24.4 Å². The van der Waals surface area contributed by atoms with Crippen molar-refractivity contribution in [3.63, 3.8) is 0 Å². The van der Waals surface area contributed by atoms with Gasteiger partial charge in [-0.25, -0.2) is 0 Å². The van der Waals surface area contributed by atoms with E-state index in [1.54, 1.807) is 0 Å². The topological polar surface area (TPSA) is 39.3 Å². The Bertz CT molecular complexity index is 622. The van der Waals surface area contributed by atoms with Crippen LogP contribution in [0, 0.1) is 5.92 Å². The van der Waals surface area contributed by atoms with Crippen LogP contribution in [-0.2, 0) is 12.6 Å². The Hall–Kier alpha value is -1.15. The molecule has 1 aromatic carbocycles. The maximum Gasteiger partial charge on any atom is 0.416 e. The number of rotatable bonds is 2. The highest BCUT2D eigenvalue weighted by atomic mass is 19.4. The molecule has 0 aliphatic carbocycles. The molecule has 2 aliphatic heterocycles. The first kappa shape index (κ1) is 22.5. The molecule has 0 radical (unpaired) electrons. The summed E-state index contributed by atoms with van der Waals surface area (Å²) in [7, 11) is 0. The van der Waals surface area contributed by atoms with Gasteiger partial charge in [-0.15, -0.1) is 0 Å². The van der Waals surface area contributed by atoms with Gasteiger partial charge in [0.15, 0.2) is 0 Å². The van der Waals surface area contributed by atoms with Gasteiger partial charge in [-0.1, -0.05) is 18.2 Å². The summed E-state index contributed by atoms with van der Waals surface area (Å²) in [4.78, 5) is 2.54. The van der Waals surface area contributed by atoms with Crippen LogP contribution < -0.4 is 16.0 Å². The van der Waals surface area contributed by atoms with E-state index in [2.05, 4.69) is 27.8 Å². The van der Waals surface area contributed by atoms with Gasteiger partial charge in [0.05, 0.1) is 5.56 Å². The molecule has 1 aromatic rings. The normalized spacial score (nSPS) is 30.5. The molecule has 0 spiro atoms. The average molecular weight is 413 g/mol. The molecule has 164 valence electrons. The first-order chi connectivity index (χ1) is 13.9. The number of alkyl halides is 3. The number of hydrogen-bond donors (Lipinski definition) is 3. The molecule has 2 saturated heterocycles. The highest BCUT2D eigenvalue weighted by Crippen LogP contribution is 2.31. The van der Waals surface area contributed by atoms with Crippen LogP contribution in [0.3, 0.4) is 0 Å². The Labute approximate surface area is 172 Å². The molecule has 2 heterocycles. The second-order valence-electron chi connectivity index (χ2n) is 8.48. The van der Waals surface area contributed by atoms with Gasteiger partial charge >= 0.3 is 6.18 Å². The van der Waals surface area contributed by atoms with E-state index in [9.17, 15) is 13.2 Å². The molecule has 4 unspecified atom stereocenters. The van der Waals surface area contributed by atoms with E-state index in [1.807, 2.05) is 6.07 Å². The Morgan fingerprint density at radius 1 is 1.03 bits per heavy atom. The maximum atomic E-state index is 13.1. The summed E-state index contributed by atoms with van der Waals surface area (Å²) < 4.78 is 39.4. The van der Waals surface area contributed by atoms with E-state index in [4.69, 9.17) is 0 Å². The van der Waals surface area contributed by atoms with Crippen LogP contribution in [0.25, 0.3) is 0 Å². The summed E-state index contributed by atoms with van der Waals surface area (Å²) in [6.07, 6.45) is -0.274. The predicted octanol–water partition coefficient (Wildman–Crippen LogP) is 2.89. The van der Waals surface area contributed by atoms with E-state index in [1.165, 1.54) is 25.0 Å². The minimum atomic E-state index is -4.29. The van der Waals surface area contributed by atoms with Crippen molar-refractivity contribution in [3.8, 4) is 0 Å². The van der Waals surface area contributed by atoms with Crippen LogP contribution in [0.4, 0.5) is 13.2 Å². The third-order valence-corrected chi connectivity index (χ3v) is 6.37. The van der Waals surface area contributed by atoms with Crippen LogP contribution in [0.2, 0.25) is 0 Å². The van der Waals surface area contributed by atoms with E-state index >= 15 is 0 Å². The molecule has 2 aliphatic rings. The van der Waals surface area contributed by atoms with Crippen LogP contribution in [0.15, 0.2) is 24.3 Å². The number of hydrogen-bond acceptors (Lipinski definition) is 4. The Kier molecular flexibility index (Phi) is 8.35. The largest absolute Gasteiger partial charge is 0.416 e. The third kappa shape index (κ3) is 6.95. The van der Waals surface area contributed by atoms with E-state index in [0.717, 1.165) is 63.9 Å². The highest BCUT2D eigenvalue weighted by molar-refractivity contribution is 5.26. The van der Waals surface area contributed by atoms with Gasteiger partial charge < -0.3 is 16.0 Å². The van der Waals surface area contributed by atoms with Gasteiger partial charge in [-0.2, -0.15) is 13.2 Å². The number of piperidine rings is 1. The summed E-state index contributed by atoms with van der Waals surface area (Å²) in [5.41, 5.74) is 0.237. The van der Waals surface area contributed by atoms with E-state index < -0.39 is 11.7 Å². The van der Waals surface area contributed by atoms with Crippen molar-refractivity contribution < 1.29 is 13.2 Å². The molecule has 0 saturated carbocycles. The fourth-order valence-corrected chi connectivity index (χ4v) is 4.61. The maximum absolute atomic E-state index is 13.1. The zero-order chi connectivity index (χ0) is 20.7. The average Bonchev–Trinajstić information content (AvgIpc) is 2.70. The predicted molar refractivity (Wildman–Crippen MR) is 111 cm³/mol. The molecule has 0 amide bonds. The zero-order valence-corrected chi connectivity index (χ0v) is 17.4. The number of nitrogens with one attached hydrogen (secondary N) is 3. The Morgan fingerprint density at radius 3 is 2.59 bits per heavy atom. The molecule has 3 N–H and O–H groups in total. The second kappa shape index (κ2) is 10.8. The lowest BCUT2D eigenvalue weighted by molar-refractivity contribution is -0.137. The monoisotopic (exact) mass is 412 g/mol. The van der Waals surface area contributed by atoms with Gasteiger partial charge in [-0.05, 0) is 63.2 Å². The smallest absolute Gasteiger partial charge is 0.315 e. The van der Waals surface area contributed by atoms with Crippen molar-refractivity contribution >= 4 is 0 Å². The number of benzene rings is 1. The molecule has 7 heteroatoms. The molecule has 4 atom stereocenters. The number of halogens is 3. The van der Waals surface area contributed by atoms with Crippen LogP contribution in [0.1, 0.15) is 37.3 Å². The summed E-state index contributed by atoms with van der Waals surface area (Å²) in [6.45, 7) is 9.05. The van der Waals surface area contributed by atoms with Crippen molar-refractivity contribution in [2.45, 2.75) is 50.9 Å². The minimum Gasteiger partial charge on any atom is -0.315 e. The van der Waals surface area contributed by atoms with Gasteiger partial charge in [0.2, 0.25) is 0 Å². The first-order valence-corrected chi connectivity index (χ1v) is 11.0. The number of fused-ring (bicyclic) bond motifs is 2. The van der Waals surface area contributed by atoms with Gasteiger partial charge in [0.1, 0.15) is 0 Å². The van der Waals surface area contributed by atoms with Gasteiger partial charge in [-0.3, -0.25) is 4.90 Å². The fraction of sp³-hybridized carbons (Fsp3) is 0.727. The fourth-order valence-electron chi connectivity index (χ4n) is 4.61. The quantitative estimate of drug-likeness (QED) is 0.699. The summed E-state index contributed by atoms with van der Waals surface area (Å²) >= 11 is 0. The molecule has 2 fully saturated rings. The lowest BCUT2D eigenvalue weighted by atomic mass is 9.87. The standard InChI is InChI=1S/C22H35F3N4/c1-17-19(14-18-4-2-5-20(15-18)22(23,24)25)7-8-26-9-10-27-11-12-28-21-6-3-13-29(17)16-21/h2,4-5,15,17,19,21,26-28H,3,6-14,16H2,1H3. The Morgan fingerprint density at radius 2 is 1.79 bits per heavy atom. The van der Waals surface area contributed by atoms with Crippen molar-refractivity contribution in [1.82, 2.24) is 20.9 Å². The van der Waals surface area contributed by atoms with Crippen molar-refractivity contribution in [3.05, 3.63) is 35.4 Å². The zero-order valence-electron chi connectivity index (χ0n) is 17.4. The summed E-state index contributed by atoms with van der Waals surface area (Å²) in [5, 5.41) is 10.6. The van der Waals surface area contributed by atoms with Gasteiger partial charge in [0.25, 0.3) is 0 Å². The summed E-state index contributed by atoms with van der Waals surface area (Å²) in [5.74, 6) is 0.320. The molecule has 4 nitrogen and oxygen atoms in total. The van der Waals surface area contributed by atoms with Crippen LogP contribution in [-0.4, -0.2) is 62.8 Å². The molecular weight excluding hydrogens is 377 g/mol. The third-order valence-electron chi connectivity index (χ3n) is 6.37. The molecule has 2 bridgehead atoms. The van der Waals surface area contributed by atoms with E-state index in [-0.39, 0.29) is 0 Å². The highest BCUT2D eigenvalue weighted by Gasteiger charge is 2.32. The van der Waals surface area contributed by atoms with Crippen molar-refractivity contribution in [1.29, 1.82) is 0 Å². The van der Waals surface area contributed by atoms with Crippen molar-refractivity contribution in [2.75, 3.05) is 45.8 Å². The lowest BCUT2D eigenvalue weighted by Crippen LogP contribution is -2.52. The molecule has 0 aromatic heterocycles. The van der Waals surface area contributed by atoms with Gasteiger partial charge in [0, 0.05) is 44.8 Å². The molecular formula is C22H35F3N4. The van der Waals surface area contributed by atoms with Crippen LogP contribution >= 0.6 is 0 Å². The second-order valence-corrected chi connectivity index (χ2v) is 8.48. The van der Waals surface area contributed by atoms with Crippen molar-refractivity contribution in [2.24, 2.45) is 5.92 Å².